The maximum atomic E-state index is 12.7. The third-order valence-electron chi connectivity index (χ3n) is 4.93. The van der Waals surface area contributed by atoms with E-state index in [9.17, 15) is 4.79 Å². The van der Waals surface area contributed by atoms with E-state index < -0.39 is 0 Å². The summed E-state index contributed by atoms with van der Waals surface area (Å²) in [5, 5.41) is 3.87. The van der Waals surface area contributed by atoms with Crippen LogP contribution >= 0.6 is 11.6 Å². The van der Waals surface area contributed by atoms with Crippen LogP contribution in [-0.4, -0.2) is 47.0 Å². The maximum absolute atomic E-state index is 12.7. The molecule has 2 aromatic carbocycles. The normalized spacial score (nSPS) is 14.0. The molecule has 1 aliphatic rings. The molecule has 1 fully saturated rings. The zero-order valence-corrected chi connectivity index (χ0v) is 16.9. The van der Waals surface area contributed by atoms with E-state index in [0.29, 0.717) is 43.0 Å². The highest BCUT2D eigenvalue weighted by atomic mass is 35.5. The standard InChI is InChI=1S/C22H22ClN5O/c1-16-6-8-17(9-7-16)21(29)27-12-14-28(15-13-27)22-24-11-10-20(26-22)25-19-5-3-2-4-18(19)23/h2-11H,12-15H2,1H3,(H,24,25,26). The van der Waals surface area contributed by atoms with Gasteiger partial charge in [0, 0.05) is 37.9 Å². The first-order valence-electron chi connectivity index (χ1n) is 9.55. The molecule has 1 aliphatic heterocycles. The lowest BCUT2D eigenvalue weighted by Crippen LogP contribution is -2.49. The third kappa shape index (κ3) is 4.49. The molecule has 0 spiro atoms. The van der Waals surface area contributed by atoms with Gasteiger partial charge in [0.05, 0.1) is 10.7 Å². The number of amides is 1. The van der Waals surface area contributed by atoms with Crippen molar-refractivity contribution in [3.8, 4) is 0 Å². The first kappa shape index (κ1) is 19.2. The summed E-state index contributed by atoms with van der Waals surface area (Å²) in [5.41, 5.74) is 2.67. The SMILES string of the molecule is Cc1ccc(C(=O)N2CCN(c3nccc(Nc4ccccc4Cl)n3)CC2)cc1. The minimum absolute atomic E-state index is 0.0692. The molecule has 7 heteroatoms. The predicted molar refractivity (Wildman–Crippen MR) is 116 cm³/mol. The number of hydrogen-bond donors (Lipinski definition) is 1. The van der Waals surface area contributed by atoms with Crippen LogP contribution in [0.25, 0.3) is 0 Å². The molecule has 0 atom stereocenters. The van der Waals surface area contributed by atoms with Crippen LogP contribution in [0.15, 0.2) is 60.8 Å². The fourth-order valence-electron chi connectivity index (χ4n) is 3.26. The van der Waals surface area contributed by atoms with Gasteiger partial charge in [-0.2, -0.15) is 4.98 Å². The number of carbonyl (C=O) groups excluding carboxylic acids is 1. The Labute approximate surface area is 175 Å². The van der Waals surface area contributed by atoms with Crippen molar-refractivity contribution in [3.05, 3.63) is 76.9 Å². The van der Waals surface area contributed by atoms with E-state index in [1.807, 2.05) is 66.4 Å². The van der Waals surface area contributed by atoms with Crippen molar-refractivity contribution >= 4 is 35.0 Å². The number of benzene rings is 2. The highest BCUT2D eigenvalue weighted by Gasteiger charge is 2.23. The number of aryl methyl sites for hydroxylation is 1. The molecule has 1 aromatic heterocycles. The number of nitrogens with one attached hydrogen (secondary N) is 1. The molecular formula is C22H22ClN5O. The van der Waals surface area contributed by atoms with Gasteiger partial charge in [0.2, 0.25) is 5.95 Å². The second-order valence-electron chi connectivity index (χ2n) is 6.99. The van der Waals surface area contributed by atoms with Crippen LogP contribution < -0.4 is 10.2 Å². The number of halogens is 1. The molecule has 148 valence electrons. The fraction of sp³-hybridized carbons (Fsp3) is 0.227. The monoisotopic (exact) mass is 407 g/mol. The van der Waals surface area contributed by atoms with Gasteiger partial charge in [0.25, 0.3) is 5.91 Å². The fourth-order valence-corrected chi connectivity index (χ4v) is 3.44. The molecule has 0 radical (unpaired) electrons. The van der Waals surface area contributed by atoms with E-state index in [4.69, 9.17) is 11.6 Å². The van der Waals surface area contributed by atoms with Crippen molar-refractivity contribution < 1.29 is 4.79 Å². The smallest absolute Gasteiger partial charge is 0.253 e. The molecule has 0 aliphatic carbocycles. The van der Waals surface area contributed by atoms with Crippen LogP contribution in [0.1, 0.15) is 15.9 Å². The number of rotatable bonds is 4. The van der Waals surface area contributed by atoms with Gasteiger partial charge in [0.1, 0.15) is 5.82 Å². The van der Waals surface area contributed by atoms with Crippen LogP contribution in [0.3, 0.4) is 0 Å². The third-order valence-corrected chi connectivity index (χ3v) is 5.26. The summed E-state index contributed by atoms with van der Waals surface area (Å²) < 4.78 is 0. The molecule has 0 unspecified atom stereocenters. The number of hydrogen-bond acceptors (Lipinski definition) is 5. The van der Waals surface area contributed by atoms with Gasteiger partial charge in [0.15, 0.2) is 0 Å². The van der Waals surface area contributed by atoms with E-state index in [-0.39, 0.29) is 5.91 Å². The van der Waals surface area contributed by atoms with E-state index in [1.54, 1.807) is 6.20 Å². The summed E-state index contributed by atoms with van der Waals surface area (Å²) in [6, 6.07) is 17.0. The lowest BCUT2D eigenvalue weighted by atomic mass is 10.1. The number of piperazine rings is 1. The van der Waals surface area contributed by atoms with Crippen molar-refractivity contribution in [2.75, 3.05) is 36.4 Å². The summed E-state index contributed by atoms with van der Waals surface area (Å²) in [4.78, 5) is 25.7. The Hall–Kier alpha value is -3.12. The summed E-state index contributed by atoms with van der Waals surface area (Å²) in [6.07, 6.45) is 1.73. The van der Waals surface area contributed by atoms with Crippen LogP contribution in [0.5, 0.6) is 0 Å². The van der Waals surface area contributed by atoms with Crippen molar-refractivity contribution in [1.82, 2.24) is 14.9 Å². The Morgan fingerprint density at radius 3 is 2.45 bits per heavy atom. The summed E-state index contributed by atoms with van der Waals surface area (Å²) in [5.74, 6) is 1.39. The Kier molecular flexibility index (Phi) is 5.62. The highest BCUT2D eigenvalue weighted by Crippen LogP contribution is 2.24. The van der Waals surface area contributed by atoms with Crippen molar-refractivity contribution in [3.63, 3.8) is 0 Å². The maximum Gasteiger partial charge on any atom is 0.253 e. The Bertz CT molecular complexity index is 1000. The lowest BCUT2D eigenvalue weighted by molar-refractivity contribution is 0.0746. The van der Waals surface area contributed by atoms with Crippen LogP contribution in [0.4, 0.5) is 17.5 Å². The molecule has 29 heavy (non-hydrogen) atoms. The Balaban J connectivity index is 1.40. The molecule has 0 bridgehead atoms. The molecule has 1 N–H and O–H groups in total. The molecular weight excluding hydrogens is 386 g/mol. The van der Waals surface area contributed by atoms with E-state index in [0.717, 1.165) is 16.8 Å². The molecule has 0 saturated carbocycles. The number of para-hydroxylation sites is 1. The second kappa shape index (κ2) is 8.49. The van der Waals surface area contributed by atoms with Crippen LogP contribution in [0, 0.1) is 6.92 Å². The zero-order valence-electron chi connectivity index (χ0n) is 16.2. The van der Waals surface area contributed by atoms with Crippen molar-refractivity contribution in [1.29, 1.82) is 0 Å². The van der Waals surface area contributed by atoms with Gasteiger partial charge in [-0.05, 0) is 37.3 Å². The van der Waals surface area contributed by atoms with E-state index >= 15 is 0 Å². The molecule has 3 aromatic rings. The van der Waals surface area contributed by atoms with Crippen LogP contribution in [-0.2, 0) is 0 Å². The topological polar surface area (TPSA) is 61.4 Å². The first-order chi connectivity index (χ1) is 14.1. The van der Waals surface area contributed by atoms with Crippen molar-refractivity contribution in [2.24, 2.45) is 0 Å². The highest BCUT2D eigenvalue weighted by molar-refractivity contribution is 6.33. The quantitative estimate of drug-likeness (QED) is 0.704. The Morgan fingerprint density at radius 1 is 1.00 bits per heavy atom. The Morgan fingerprint density at radius 2 is 1.72 bits per heavy atom. The molecule has 4 rings (SSSR count). The van der Waals surface area contributed by atoms with Gasteiger partial charge >= 0.3 is 0 Å². The first-order valence-corrected chi connectivity index (χ1v) is 9.93. The van der Waals surface area contributed by atoms with Gasteiger partial charge in [-0.1, -0.05) is 41.4 Å². The minimum Gasteiger partial charge on any atom is -0.339 e. The molecule has 1 amide bonds. The summed E-state index contributed by atoms with van der Waals surface area (Å²) in [7, 11) is 0. The van der Waals surface area contributed by atoms with Crippen molar-refractivity contribution in [2.45, 2.75) is 6.92 Å². The van der Waals surface area contributed by atoms with Gasteiger partial charge in [-0.15, -0.1) is 0 Å². The number of nitrogens with zero attached hydrogens (tertiary/aromatic N) is 4. The summed E-state index contributed by atoms with van der Waals surface area (Å²) in [6.45, 7) is 4.67. The molecule has 2 heterocycles. The second-order valence-corrected chi connectivity index (χ2v) is 7.40. The number of anilines is 3. The average Bonchev–Trinajstić information content (AvgIpc) is 2.76. The van der Waals surface area contributed by atoms with E-state index in [1.165, 1.54) is 0 Å². The predicted octanol–water partition coefficient (Wildman–Crippen LogP) is 4.14. The lowest BCUT2D eigenvalue weighted by Gasteiger charge is -2.34. The van der Waals surface area contributed by atoms with Crippen LogP contribution in [0.2, 0.25) is 5.02 Å². The minimum atomic E-state index is 0.0692. The van der Waals surface area contributed by atoms with E-state index in [2.05, 4.69) is 20.2 Å². The number of carbonyl (C=O) groups is 1. The summed E-state index contributed by atoms with van der Waals surface area (Å²) >= 11 is 6.21. The molecule has 6 nitrogen and oxygen atoms in total. The average molecular weight is 408 g/mol. The molecule has 1 saturated heterocycles. The van der Waals surface area contributed by atoms with Gasteiger partial charge in [-0.25, -0.2) is 4.98 Å². The van der Waals surface area contributed by atoms with Gasteiger partial charge in [-0.3, -0.25) is 4.79 Å². The largest absolute Gasteiger partial charge is 0.339 e. The zero-order chi connectivity index (χ0) is 20.2. The number of aromatic nitrogens is 2. The van der Waals surface area contributed by atoms with Gasteiger partial charge < -0.3 is 15.1 Å².